The Balaban J connectivity index is 1.08. The number of nitrogens with one attached hydrogen (secondary N) is 2. The molecule has 1 aromatic carbocycles. The number of rotatable bonds is 9. The van der Waals surface area contributed by atoms with Crippen molar-refractivity contribution in [2.45, 2.75) is 51.0 Å². The Hall–Kier alpha value is -4.90. The zero-order chi connectivity index (χ0) is 30.9. The molecule has 2 aliphatic rings. The summed E-state index contributed by atoms with van der Waals surface area (Å²) in [7, 11) is 0. The number of benzene rings is 1. The number of H-pyrrole nitrogens is 2. The third kappa shape index (κ3) is 5.90. The van der Waals surface area contributed by atoms with E-state index >= 15 is 0 Å². The number of pyridine rings is 3. The van der Waals surface area contributed by atoms with Gasteiger partial charge in [0.1, 0.15) is 35.0 Å². The van der Waals surface area contributed by atoms with E-state index in [0.717, 1.165) is 60.5 Å². The molecule has 6 aromatic rings. The lowest BCUT2D eigenvalue weighted by atomic mass is 9.98. The lowest BCUT2D eigenvalue weighted by Gasteiger charge is -2.22. The number of hydrogen-bond acceptors (Lipinski definition) is 8. The Morgan fingerprint density at radius 2 is 1.67 bits per heavy atom. The van der Waals surface area contributed by atoms with Crippen LogP contribution in [-0.2, 0) is 0 Å². The SMILES string of the molecule is Fc1cc(OCCN2CCCC2)cc(-c2nccc3[nH]c(-c4n[nH]c5ccc(-c6cncc(OC7CCCCC7)c6)nc45)nc23)c1. The molecule has 1 saturated heterocycles. The fourth-order valence-electron chi connectivity index (χ4n) is 6.56. The molecule has 0 spiro atoms. The molecule has 1 aliphatic carbocycles. The first-order valence-corrected chi connectivity index (χ1v) is 16.1. The van der Waals surface area contributed by atoms with Crippen molar-refractivity contribution in [3.63, 3.8) is 0 Å². The van der Waals surface area contributed by atoms with Gasteiger partial charge < -0.3 is 14.5 Å². The first-order valence-electron chi connectivity index (χ1n) is 16.1. The zero-order valence-corrected chi connectivity index (χ0v) is 25.5. The highest BCUT2D eigenvalue weighted by molar-refractivity contribution is 5.95. The topological polar surface area (TPSA) is 118 Å². The van der Waals surface area contributed by atoms with E-state index in [-0.39, 0.29) is 11.9 Å². The molecule has 11 heteroatoms. The number of fused-ring (bicyclic) bond motifs is 2. The van der Waals surface area contributed by atoms with Crippen molar-refractivity contribution in [3.8, 4) is 45.5 Å². The summed E-state index contributed by atoms with van der Waals surface area (Å²) in [6, 6.07) is 12.4. The summed E-state index contributed by atoms with van der Waals surface area (Å²) in [5.74, 6) is 1.38. The van der Waals surface area contributed by atoms with E-state index in [9.17, 15) is 4.39 Å². The van der Waals surface area contributed by atoms with E-state index in [1.807, 2.05) is 30.3 Å². The van der Waals surface area contributed by atoms with Crippen molar-refractivity contribution in [3.05, 3.63) is 66.9 Å². The molecule has 1 aliphatic heterocycles. The molecule has 5 aromatic heterocycles. The average Bonchev–Trinajstić information content (AvgIpc) is 3.85. The molecule has 10 nitrogen and oxygen atoms in total. The van der Waals surface area contributed by atoms with Crippen LogP contribution in [0, 0.1) is 5.82 Å². The third-order valence-electron chi connectivity index (χ3n) is 8.92. The molecule has 0 radical (unpaired) electrons. The van der Waals surface area contributed by atoms with E-state index in [1.54, 1.807) is 18.6 Å². The number of halogens is 1. The second-order valence-electron chi connectivity index (χ2n) is 12.2. The third-order valence-corrected chi connectivity index (χ3v) is 8.92. The lowest BCUT2D eigenvalue weighted by molar-refractivity contribution is 0.154. The van der Waals surface area contributed by atoms with Gasteiger partial charge in [-0.2, -0.15) is 5.10 Å². The van der Waals surface area contributed by atoms with Crippen LogP contribution < -0.4 is 9.47 Å². The second kappa shape index (κ2) is 12.5. The van der Waals surface area contributed by atoms with E-state index in [0.29, 0.717) is 46.2 Å². The summed E-state index contributed by atoms with van der Waals surface area (Å²) in [4.78, 5) is 24.6. The minimum Gasteiger partial charge on any atom is -0.492 e. The number of imidazole rings is 1. The number of aromatic nitrogens is 7. The first-order chi connectivity index (χ1) is 22.7. The maximum Gasteiger partial charge on any atom is 0.161 e. The van der Waals surface area contributed by atoms with Gasteiger partial charge in [0.25, 0.3) is 0 Å². The van der Waals surface area contributed by atoms with Crippen molar-refractivity contribution < 1.29 is 13.9 Å². The molecule has 2 N–H and O–H groups in total. The van der Waals surface area contributed by atoms with Gasteiger partial charge >= 0.3 is 0 Å². The van der Waals surface area contributed by atoms with Crippen molar-refractivity contribution in [1.82, 2.24) is 40.0 Å². The van der Waals surface area contributed by atoms with Gasteiger partial charge in [-0.25, -0.2) is 14.4 Å². The Labute approximate surface area is 265 Å². The molecule has 0 amide bonds. The number of nitrogens with zero attached hydrogens (tertiary/aromatic N) is 6. The van der Waals surface area contributed by atoms with E-state index in [1.165, 1.54) is 44.2 Å². The summed E-state index contributed by atoms with van der Waals surface area (Å²) in [6.45, 7) is 3.51. The van der Waals surface area contributed by atoms with Gasteiger partial charge in [-0.15, -0.1) is 0 Å². The molecule has 234 valence electrons. The number of hydrogen-bond donors (Lipinski definition) is 2. The maximum absolute atomic E-state index is 14.8. The second-order valence-corrected chi connectivity index (χ2v) is 12.2. The molecule has 1 saturated carbocycles. The van der Waals surface area contributed by atoms with Gasteiger partial charge in [-0.05, 0) is 88.0 Å². The summed E-state index contributed by atoms with van der Waals surface area (Å²) in [5.41, 5.74) is 6.15. The number of ether oxygens (including phenoxy) is 2. The van der Waals surface area contributed by atoms with Gasteiger partial charge in [0.2, 0.25) is 0 Å². The lowest BCUT2D eigenvalue weighted by Crippen LogP contribution is -2.25. The van der Waals surface area contributed by atoms with Crippen LogP contribution in [0.5, 0.6) is 11.5 Å². The summed E-state index contributed by atoms with van der Waals surface area (Å²) in [6.07, 6.45) is 13.8. The highest BCUT2D eigenvalue weighted by atomic mass is 19.1. The largest absolute Gasteiger partial charge is 0.492 e. The molecule has 8 rings (SSSR count). The minimum atomic E-state index is -0.388. The fourth-order valence-corrected chi connectivity index (χ4v) is 6.56. The maximum atomic E-state index is 14.8. The van der Waals surface area contributed by atoms with Crippen LogP contribution in [0.4, 0.5) is 4.39 Å². The molecular formula is C35H35FN8O2. The van der Waals surface area contributed by atoms with Gasteiger partial charge in [0.15, 0.2) is 11.5 Å². The first kappa shape index (κ1) is 28.6. The Morgan fingerprint density at radius 3 is 2.57 bits per heavy atom. The molecule has 0 atom stereocenters. The number of aromatic amines is 2. The average molecular weight is 619 g/mol. The van der Waals surface area contributed by atoms with Gasteiger partial charge in [0, 0.05) is 36.1 Å². The monoisotopic (exact) mass is 618 g/mol. The van der Waals surface area contributed by atoms with Crippen molar-refractivity contribution in [2.24, 2.45) is 0 Å². The standard InChI is InChI=1S/C35H35FN8O2/c36-24-16-22(17-26(19-24)45-15-14-44-12-4-5-13-44)31-32-29(10-11-38-31)40-35(41-32)34-33-30(42-43-34)9-8-28(39-33)23-18-27(21-37-20-23)46-25-6-2-1-3-7-25/h8-11,16-21,25H,1-7,12-15H2,(H,40,41)(H,42,43). The van der Waals surface area contributed by atoms with Crippen molar-refractivity contribution in [2.75, 3.05) is 26.2 Å². The normalized spacial score (nSPS) is 16.0. The molecule has 6 heterocycles. The Morgan fingerprint density at radius 1 is 0.826 bits per heavy atom. The van der Waals surface area contributed by atoms with Crippen LogP contribution in [0.15, 0.2) is 61.1 Å². The summed E-state index contributed by atoms with van der Waals surface area (Å²) in [5, 5.41) is 7.64. The quantitative estimate of drug-likeness (QED) is 0.179. The Kier molecular flexibility index (Phi) is 7.75. The highest BCUT2D eigenvalue weighted by Gasteiger charge is 2.20. The van der Waals surface area contributed by atoms with Gasteiger partial charge in [-0.1, -0.05) is 6.42 Å². The molecule has 46 heavy (non-hydrogen) atoms. The molecular weight excluding hydrogens is 583 g/mol. The zero-order valence-electron chi connectivity index (χ0n) is 25.5. The highest BCUT2D eigenvalue weighted by Crippen LogP contribution is 2.33. The van der Waals surface area contributed by atoms with Crippen LogP contribution in [0.1, 0.15) is 44.9 Å². The molecule has 2 fully saturated rings. The van der Waals surface area contributed by atoms with Gasteiger partial charge in [-0.3, -0.25) is 20.0 Å². The summed E-state index contributed by atoms with van der Waals surface area (Å²) >= 11 is 0. The minimum absolute atomic E-state index is 0.237. The molecule has 0 unspecified atom stereocenters. The van der Waals surface area contributed by atoms with Crippen LogP contribution >= 0.6 is 0 Å². The van der Waals surface area contributed by atoms with Crippen LogP contribution in [-0.4, -0.2) is 72.4 Å². The van der Waals surface area contributed by atoms with Gasteiger partial charge in [0.05, 0.1) is 34.7 Å². The van der Waals surface area contributed by atoms with E-state index in [4.69, 9.17) is 19.4 Å². The van der Waals surface area contributed by atoms with Crippen molar-refractivity contribution in [1.29, 1.82) is 0 Å². The van der Waals surface area contributed by atoms with E-state index in [2.05, 4.69) is 30.0 Å². The number of likely N-dealkylation sites (tertiary alicyclic amines) is 1. The Bertz CT molecular complexity index is 1990. The fraction of sp³-hybridized carbons (Fsp3) is 0.343. The summed E-state index contributed by atoms with van der Waals surface area (Å²) < 4.78 is 27.0. The molecule has 0 bridgehead atoms. The van der Waals surface area contributed by atoms with E-state index < -0.39 is 0 Å². The van der Waals surface area contributed by atoms with Crippen LogP contribution in [0.3, 0.4) is 0 Å². The van der Waals surface area contributed by atoms with Crippen molar-refractivity contribution >= 4 is 22.1 Å². The predicted molar refractivity (Wildman–Crippen MR) is 174 cm³/mol. The smallest absolute Gasteiger partial charge is 0.161 e. The predicted octanol–water partition coefficient (Wildman–Crippen LogP) is 6.95. The van der Waals surface area contributed by atoms with Crippen LogP contribution in [0.2, 0.25) is 0 Å². The van der Waals surface area contributed by atoms with Crippen LogP contribution in [0.25, 0.3) is 56.1 Å².